The third-order valence-corrected chi connectivity index (χ3v) is 2.54. The van der Waals surface area contributed by atoms with Gasteiger partial charge in [-0.3, -0.25) is 0 Å². The van der Waals surface area contributed by atoms with Crippen LogP contribution in [-0.4, -0.2) is 29.3 Å². The number of aliphatic carboxylic acids is 1. The lowest BCUT2D eigenvalue weighted by molar-refractivity contribution is -0.130. The summed E-state index contributed by atoms with van der Waals surface area (Å²) in [7, 11) is 0. The average molecular weight is 237 g/mol. The molecule has 0 bridgehead atoms. The van der Waals surface area contributed by atoms with Gasteiger partial charge in [0.05, 0.1) is 0 Å². The van der Waals surface area contributed by atoms with Gasteiger partial charge in [0.2, 0.25) is 0 Å². The van der Waals surface area contributed by atoms with Crippen molar-refractivity contribution < 1.29 is 19.4 Å². The van der Waals surface area contributed by atoms with Crippen LogP contribution in [0.3, 0.4) is 0 Å². The topological polar surface area (TPSA) is 75.6 Å². The van der Waals surface area contributed by atoms with E-state index in [-0.39, 0.29) is 6.61 Å². The number of hydrogen-bond donors (Lipinski definition) is 2. The first-order valence-electron chi connectivity index (χ1n) is 5.40. The maximum absolute atomic E-state index is 11.4. The summed E-state index contributed by atoms with van der Waals surface area (Å²) < 4.78 is 4.80. The second-order valence-corrected chi connectivity index (χ2v) is 3.86. The van der Waals surface area contributed by atoms with Gasteiger partial charge in [-0.15, -0.1) is 0 Å². The molecule has 0 heterocycles. The molecule has 0 unspecified atom stereocenters. The molecule has 1 saturated carbocycles. The first-order chi connectivity index (χ1) is 8.08. The van der Waals surface area contributed by atoms with E-state index in [1.165, 1.54) is 6.08 Å². The molecule has 1 fully saturated rings. The van der Waals surface area contributed by atoms with Crippen LogP contribution in [0, 0.1) is 11.8 Å². The summed E-state index contributed by atoms with van der Waals surface area (Å²) in [4.78, 5) is 21.8. The van der Waals surface area contributed by atoms with Crippen molar-refractivity contribution >= 4 is 12.1 Å². The predicted octanol–water partition coefficient (Wildman–Crippen LogP) is 1.30. The Morgan fingerprint density at radius 1 is 1.47 bits per heavy atom. The van der Waals surface area contributed by atoms with E-state index in [4.69, 9.17) is 9.84 Å². The van der Waals surface area contributed by atoms with Crippen molar-refractivity contribution in [2.24, 2.45) is 0 Å². The maximum atomic E-state index is 11.4. The molecule has 92 valence electrons. The van der Waals surface area contributed by atoms with Gasteiger partial charge in [-0.05, 0) is 25.7 Å². The number of amides is 1. The highest BCUT2D eigenvalue weighted by molar-refractivity contribution is 5.87. The molecule has 1 aliphatic carbocycles. The predicted molar refractivity (Wildman–Crippen MR) is 61.3 cm³/mol. The van der Waals surface area contributed by atoms with Crippen molar-refractivity contribution in [3.05, 3.63) is 12.7 Å². The molecular formula is C12H15NO4. The summed E-state index contributed by atoms with van der Waals surface area (Å²) in [6.45, 7) is 3.55. The Labute approximate surface area is 99.8 Å². The summed E-state index contributed by atoms with van der Waals surface area (Å²) in [6.07, 6.45) is 3.99. The minimum absolute atomic E-state index is 0.119. The van der Waals surface area contributed by atoms with Crippen LogP contribution in [0.5, 0.6) is 0 Å². The standard InChI is InChI=1S/C12H15NO4/c1-2-9-17-11(16)13-12(6-3-4-7-12)8-5-10(14)15/h2H,1,3-4,6-7,9H2,(H,13,16)(H,14,15). The summed E-state index contributed by atoms with van der Waals surface area (Å²) in [5, 5.41) is 11.2. The van der Waals surface area contributed by atoms with Crippen molar-refractivity contribution in [2.75, 3.05) is 6.61 Å². The first kappa shape index (κ1) is 13.1. The third-order valence-electron chi connectivity index (χ3n) is 2.54. The van der Waals surface area contributed by atoms with E-state index in [2.05, 4.69) is 23.7 Å². The van der Waals surface area contributed by atoms with E-state index in [1.807, 2.05) is 0 Å². The molecular weight excluding hydrogens is 222 g/mol. The van der Waals surface area contributed by atoms with E-state index >= 15 is 0 Å². The normalized spacial score (nSPS) is 16.5. The van der Waals surface area contributed by atoms with Crippen LogP contribution in [0.2, 0.25) is 0 Å². The lowest BCUT2D eigenvalue weighted by Crippen LogP contribution is -2.45. The van der Waals surface area contributed by atoms with Crippen LogP contribution < -0.4 is 5.32 Å². The number of rotatable bonds is 3. The smallest absolute Gasteiger partial charge is 0.408 e. The molecule has 0 aliphatic heterocycles. The highest BCUT2D eigenvalue weighted by atomic mass is 16.5. The molecule has 1 rings (SSSR count). The van der Waals surface area contributed by atoms with E-state index in [0.717, 1.165) is 12.8 Å². The second-order valence-electron chi connectivity index (χ2n) is 3.86. The zero-order valence-electron chi connectivity index (χ0n) is 9.49. The molecule has 0 radical (unpaired) electrons. The number of carboxylic acid groups (broad SMARTS) is 1. The molecule has 17 heavy (non-hydrogen) atoms. The van der Waals surface area contributed by atoms with Crippen molar-refractivity contribution in [2.45, 2.75) is 31.2 Å². The molecule has 0 aromatic carbocycles. The number of hydrogen-bond acceptors (Lipinski definition) is 3. The molecule has 2 N–H and O–H groups in total. The Hall–Kier alpha value is -1.96. The van der Waals surface area contributed by atoms with Gasteiger partial charge >= 0.3 is 12.1 Å². The maximum Gasteiger partial charge on any atom is 0.408 e. The molecule has 5 nitrogen and oxygen atoms in total. The van der Waals surface area contributed by atoms with Crippen molar-refractivity contribution in [3.63, 3.8) is 0 Å². The lowest BCUT2D eigenvalue weighted by Gasteiger charge is -2.23. The van der Waals surface area contributed by atoms with E-state index < -0.39 is 17.6 Å². The Morgan fingerprint density at radius 2 is 2.12 bits per heavy atom. The van der Waals surface area contributed by atoms with Gasteiger partial charge in [0.25, 0.3) is 0 Å². The SMILES string of the molecule is C=CCOC(=O)NC1(C#CC(=O)O)CCCC1. The van der Waals surface area contributed by atoms with Gasteiger partial charge < -0.3 is 15.2 Å². The van der Waals surface area contributed by atoms with Crippen LogP contribution in [0.15, 0.2) is 12.7 Å². The van der Waals surface area contributed by atoms with Gasteiger partial charge in [0.1, 0.15) is 12.1 Å². The molecule has 0 atom stereocenters. The molecule has 1 amide bonds. The Morgan fingerprint density at radius 3 is 2.65 bits per heavy atom. The zero-order chi connectivity index (χ0) is 12.7. The number of nitrogens with one attached hydrogen (secondary N) is 1. The summed E-state index contributed by atoms with van der Waals surface area (Å²) in [5.41, 5.74) is -0.753. The fraction of sp³-hybridized carbons (Fsp3) is 0.500. The lowest BCUT2D eigenvalue weighted by atomic mass is 9.99. The monoisotopic (exact) mass is 237 g/mol. The van der Waals surface area contributed by atoms with Crippen molar-refractivity contribution in [1.82, 2.24) is 5.32 Å². The van der Waals surface area contributed by atoms with Crippen LogP contribution in [0.1, 0.15) is 25.7 Å². The molecule has 5 heteroatoms. The molecule has 1 aliphatic rings. The van der Waals surface area contributed by atoms with Crippen molar-refractivity contribution in [1.29, 1.82) is 0 Å². The van der Waals surface area contributed by atoms with Gasteiger partial charge in [-0.2, -0.15) is 0 Å². The number of ether oxygens (including phenoxy) is 1. The van der Waals surface area contributed by atoms with Crippen molar-refractivity contribution in [3.8, 4) is 11.8 Å². The average Bonchev–Trinajstić information content (AvgIpc) is 2.73. The Balaban J connectivity index is 2.66. The minimum atomic E-state index is -1.20. The minimum Gasteiger partial charge on any atom is -0.472 e. The van der Waals surface area contributed by atoms with Crippen LogP contribution in [-0.2, 0) is 9.53 Å². The quantitative estimate of drug-likeness (QED) is 0.573. The Bertz CT molecular complexity index is 372. The summed E-state index contributed by atoms with van der Waals surface area (Å²) >= 11 is 0. The van der Waals surface area contributed by atoms with Crippen LogP contribution in [0.4, 0.5) is 4.79 Å². The number of carboxylic acids is 1. The van der Waals surface area contributed by atoms with Gasteiger partial charge in [0.15, 0.2) is 0 Å². The number of carbonyl (C=O) groups is 2. The largest absolute Gasteiger partial charge is 0.472 e. The van der Waals surface area contributed by atoms with E-state index in [0.29, 0.717) is 12.8 Å². The van der Waals surface area contributed by atoms with E-state index in [1.54, 1.807) is 0 Å². The number of alkyl carbamates (subject to hydrolysis) is 1. The highest BCUT2D eigenvalue weighted by Crippen LogP contribution is 2.29. The third kappa shape index (κ3) is 4.19. The van der Waals surface area contributed by atoms with Crippen LogP contribution in [0.25, 0.3) is 0 Å². The number of carbonyl (C=O) groups excluding carboxylic acids is 1. The summed E-state index contributed by atoms with van der Waals surface area (Å²) in [5.74, 6) is 3.48. The second kappa shape index (κ2) is 5.94. The molecule has 0 aromatic rings. The fourth-order valence-electron chi connectivity index (χ4n) is 1.80. The van der Waals surface area contributed by atoms with Gasteiger partial charge in [0, 0.05) is 5.92 Å². The van der Waals surface area contributed by atoms with E-state index in [9.17, 15) is 9.59 Å². The molecule has 0 aromatic heterocycles. The Kier molecular flexibility index (Phi) is 4.58. The van der Waals surface area contributed by atoms with Gasteiger partial charge in [-0.1, -0.05) is 18.6 Å². The molecule has 0 saturated heterocycles. The highest BCUT2D eigenvalue weighted by Gasteiger charge is 2.34. The van der Waals surface area contributed by atoms with Gasteiger partial charge in [-0.25, -0.2) is 9.59 Å². The fourth-order valence-corrected chi connectivity index (χ4v) is 1.80. The van der Waals surface area contributed by atoms with Crippen LogP contribution >= 0.6 is 0 Å². The first-order valence-corrected chi connectivity index (χ1v) is 5.40. The zero-order valence-corrected chi connectivity index (χ0v) is 9.49. The summed E-state index contributed by atoms with van der Waals surface area (Å²) in [6, 6.07) is 0. The molecule has 0 spiro atoms.